The predicted octanol–water partition coefficient (Wildman–Crippen LogP) is 1.84. The highest BCUT2D eigenvalue weighted by Crippen LogP contribution is 2.32. The van der Waals surface area contributed by atoms with Gasteiger partial charge < -0.3 is 20.1 Å². The molecule has 3 rings (SSSR count). The molecule has 0 aliphatic carbocycles. The summed E-state index contributed by atoms with van der Waals surface area (Å²) in [5, 5.41) is 9.38. The van der Waals surface area contributed by atoms with Crippen molar-refractivity contribution < 1.29 is 14.3 Å². The number of hydrogen-bond donors (Lipinski definition) is 2. The summed E-state index contributed by atoms with van der Waals surface area (Å²) in [4.78, 5) is 11.8. The molecule has 0 bridgehead atoms. The van der Waals surface area contributed by atoms with Crippen molar-refractivity contribution in [3.05, 3.63) is 30.6 Å². The fraction of sp³-hybridized carbons (Fsp3) is 0.231. The topological polar surface area (TPSA) is 77.4 Å². The van der Waals surface area contributed by atoms with Crippen LogP contribution in [0.15, 0.2) is 30.6 Å². The number of fused-ring (bicyclic) bond motifs is 1. The number of anilines is 2. The molecule has 7 heteroatoms. The second-order valence-electron chi connectivity index (χ2n) is 4.34. The molecule has 1 aliphatic heterocycles. The van der Waals surface area contributed by atoms with Gasteiger partial charge in [-0.15, -0.1) is 0 Å². The molecule has 104 valence electrons. The molecule has 2 aromatic rings. The highest BCUT2D eigenvalue weighted by Gasteiger charge is 2.12. The lowest BCUT2D eigenvalue weighted by molar-refractivity contribution is 0.171. The Balaban J connectivity index is 1.66. The van der Waals surface area contributed by atoms with Gasteiger partial charge in [0.2, 0.25) is 0 Å². The first-order valence-electron chi connectivity index (χ1n) is 6.17. The summed E-state index contributed by atoms with van der Waals surface area (Å²) in [6, 6.07) is 4.93. The molecule has 2 amide bonds. The van der Waals surface area contributed by atoms with E-state index in [1.165, 1.54) is 0 Å². The van der Waals surface area contributed by atoms with E-state index in [9.17, 15) is 4.79 Å². The molecule has 0 saturated heterocycles. The molecule has 20 heavy (non-hydrogen) atoms. The van der Waals surface area contributed by atoms with Gasteiger partial charge in [0, 0.05) is 25.0 Å². The minimum atomic E-state index is -0.338. The van der Waals surface area contributed by atoms with Crippen molar-refractivity contribution in [3.63, 3.8) is 0 Å². The van der Waals surface area contributed by atoms with Crippen molar-refractivity contribution in [1.29, 1.82) is 0 Å². The van der Waals surface area contributed by atoms with E-state index in [1.54, 1.807) is 42.3 Å². The van der Waals surface area contributed by atoms with Gasteiger partial charge in [0.05, 0.1) is 11.9 Å². The third-order valence-electron chi connectivity index (χ3n) is 2.76. The average molecular weight is 274 g/mol. The fourth-order valence-corrected chi connectivity index (χ4v) is 1.90. The molecule has 0 spiro atoms. The van der Waals surface area contributed by atoms with E-state index in [0.29, 0.717) is 36.1 Å². The number of hydrogen-bond acceptors (Lipinski definition) is 4. The molecule has 0 fully saturated rings. The number of carbonyl (C=O) groups excluding carboxylic acids is 1. The first-order chi connectivity index (χ1) is 9.70. The van der Waals surface area contributed by atoms with Crippen LogP contribution in [-0.2, 0) is 7.05 Å². The van der Waals surface area contributed by atoms with Gasteiger partial charge in [0.1, 0.15) is 13.2 Å². The lowest BCUT2D eigenvalue weighted by Crippen LogP contribution is -2.20. The van der Waals surface area contributed by atoms with Crippen LogP contribution in [0.3, 0.4) is 0 Å². The zero-order valence-corrected chi connectivity index (χ0v) is 10.9. The lowest BCUT2D eigenvalue weighted by atomic mass is 10.2. The molecule has 2 N–H and O–H groups in total. The van der Waals surface area contributed by atoms with E-state index in [1.807, 2.05) is 0 Å². The number of aryl methyl sites for hydroxylation is 1. The normalized spacial score (nSPS) is 12.8. The smallest absolute Gasteiger partial charge is 0.323 e. The highest BCUT2D eigenvalue weighted by atomic mass is 16.6. The Labute approximate surface area is 115 Å². The monoisotopic (exact) mass is 274 g/mol. The van der Waals surface area contributed by atoms with Crippen LogP contribution in [0.4, 0.5) is 16.2 Å². The molecule has 0 unspecified atom stereocenters. The molecule has 2 heterocycles. The Hall–Kier alpha value is -2.70. The van der Waals surface area contributed by atoms with Crippen molar-refractivity contribution in [2.45, 2.75) is 0 Å². The molecule has 0 atom stereocenters. The Morgan fingerprint density at radius 1 is 1.20 bits per heavy atom. The van der Waals surface area contributed by atoms with E-state index in [2.05, 4.69) is 15.7 Å². The fourth-order valence-electron chi connectivity index (χ4n) is 1.90. The quantitative estimate of drug-likeness (QED) is 0.876. The summed E-state index contributed by atoms with van der Waals surface area (Å²) in [6.45, 7) is 1.06. The molecule has 0 saturated carbocycles. The minimum Gasteiger partial charge on any atom is -0.486 e. The standard InChI is InChI=1S/C13H14N4O3/c1-17-8-10(7-14-17)16-13(18)15-9-2-3-11-12(6-9)20-5-4-19-11/h2-3,6-8H,4-5H2,1H3,(H2,15,16,18). The van der Waals surface area contributed by atoms with Crippen molar-refractivity contribution >= 4 is 17.4 Å². The second-order valence-corrected chi connectivity index (χ2v) is 4.34. The number of ether oxygens (including phenoxy) is 2. The summed E-state index contributed by atoms with van der Waals surface area (Å²) in [5.41, 5.74) is 1.26. The number of rotatable bonds is 2. The van der Waals surface area contributed by atoms with Crippen LogP contribution in [0.25, 0.3) is 0 Å². The summed E-state index contributed by atoms with van der Waals surface area (Å²) in [5.74, 6) is 1.32. The number of urea groups is 1. The largest absolute Gasteiger partial charge is 0.486 e. The van der Waals surface area contributed by atoms with Gasteiger partial charge in [0.25, 0.3) is 0 Å². The zero-order valence-electron chi connectivity index (χ0n) is 10.9. The minimum absolute atomic E-state index is 0.338. The number of carbonyl (C=O) groups is 1. The van der Waals surface area contributed by atoms with Crippen LogP contribution in [0.2, 0.25) is 0 Å². The SMILES string of the molecule is Cn1cc(NC(=O)Nc2ccc3c(c2)OCCO3)cn1. The summed E-state index contributed by atoms with van der Waals surface area (Å²) < 4.78 is 12.5. The first-order valence-corrected chi connectivity index (χ1v) is 6.17. The Bertz CT molecular complexity index is 638. The van der Waals surface area contributed by atoms with E-state index in [0.717, 1.165) is 0 Å². The van der Waals surface area contributed by atoms with E-state index < -0.39 is 0 Å². The van der Waals surface area contributed by atoms with Crippen LogP contribution < -0.4 is 20.1 Å². The first kappa shape index (κ1) is 12.3. The second kappa shape index (κ2) is 5.12. The Kier molecular flexibility index (Phi) is 3.16. The third-order valence-corrected chi connectivity index (χ3v) is 2.76. The Morgan fingerprint density at radius 3 is 2.70 bits per heavy atom. The maximum absolute atomic E-state index is 11.8. The van der Waals surface area contributed by atoms with E-state index >= 15 is 0 Å². The van der Waals surface area contributed by atoms with Crippen LogP contribution in [0.1, 0.15) is 0 Å². The molecule has 1 aliphatic rings. The lowest BCUT2D eigenvalue weighted by Gasteiger charge is -2.19. The molecule has 0 radical (unpaired) electrons. The van der Waals surface area contributed by atoms with Gasteiger partial charge in [-0.05, 0) is 12.1 Å². The average Bonchev–Trinajstić information content (AvgIpc) is 2.83. The maximum atomic E-state index is 11.8. The van der Waals surface area contributed by atoms with E-state index in [-0.39, 0.29) is 6.03 Å². The summed E-state index contributed by atoms with van der Waals surface area (Å²) >= 11 is 0. The van der Waals surface area contributed by atoms with E-state index in [4.69, 9.17) is 9.47 Å². The van der Waals surface area contributed by atoms with Gasteiger partial charge in [-0.3, -0.25) is 4.68 Å². The van der Waals surface area contributed by atoms with Crippen LogP contribution in [0.5, 0.6) is 11.5 Å². The number of amides is 2. The van der Waals surface area contributed by atoms with Gasteiger partial charge in [-0.25, -0.2) is 4.79 Å². The van der Waals surface area contributed by atoms with Crippen LogP contribution in [0, 0.1) is 0 Å². The zero-order chi connectivity index (χ0) is 13.9. The van der Waals surface area contributed by atoms with Gasteiger partial charge in [-0.1, -0.05) is 0 Å². The maximum Gasteiger partial charge on any atom is 0.323 e. The van der Waals surface area contributed by atoms with Gasteiger partial charge in [0.15, 0.2) is 11.5 Å². The Morgan fingerprint density at radius 2 is 1.95 bits per heavy atom. The molecule has 1 aromatic heterocycles. The van der Waals surface area contributed by atoms with Crippen molar-refractivity contribution in [2.75, 3.05) is 23.8 Å². The number of nitrogens with one attached hydrogen (secondary N) is 2. The molecule has 7 nitrogen and oxygen atoms in total. The van der Waals surface area contributed by atoms with Crippen molar-refractivity contribution in [3.8, 4) is 11.5 Å². The van der Waals surface area contributed by atoms with Gasteiger partial charge in [-0.2, -0.15) is 5.10 Å². The molecular weight excluding hydrogens is 260 g/mol. The highest BCUT2D eigenvalue weighted by molar-refractivity contribution is 5.99. The van der Waals surface area contributed by atoms with Crippen LogP contribution in [-0.4, -0.2) is 29.0 Å². The summed E-state index contributed by atoms with van der Waals surface area (Å²) in [7, 11) is 1.78. The van der Waals surface area contributed by atoms with Gasteiger partial charge >= 0.3 is 6.03 Å². The van der Waals surface area contributed by atoms with Crippen molar-refractivity contribution in [2.24, 2.45) is 7.05 Å². The van der Waals surface area contributed by atoms with Crippen molar-refractivity contribution in [1.82, 2.24) is 9.78 Å². The number of aromatic nitrogens is 2. The predicted molar refractivity (Wildman–Crippen MR) is 73.3 cm³/mol. The third kappa shape index (κ3) is 2.66. The molecule has 1 aromatic carbocycles. The number of benzene rings is 1. The summed E-state index contributed by atoms with van der Waals surface area (Å²) in [6.07, 6.45) is 3.28. The number of nitrogens with zero attached hydrogens (tertiary/aromatic N) is 2. The van der Waals surface area contributed by atoms with Crippen LogP contribution >= 0.6 is 0 Å². The molecular formula is C13H14N4O3.